The highest BCUT2D eigenvalue weighted by molar-refractivity contribution is 6.13. The summed E-state index contributed by atoms with van der Waals surface area (Å²) in [5.41, 5.74) is 3.55. The van der Waals surface area contributed by atoms with Gasteiger partial charge in [0.05, 0.1) is 22.2 Å². The maximum absolute atomic E-state index is 13.6. The second-order valence-electron chi connectivity index (χ2n) is 9.85. The number of hydrogen-bond donors (Lipinski definition) is 0. The van der Waals surface area contributed by atoms with E-state index in [0.717, 1.165) is 27.9 Å². The first-order valence-electron chi connectivity index (χ1n) is 11.2. The zero-order valence-corrected chi connectivity index (χ0v) is 20.2. The Kier molecular flexibility index (Phi) is 4.84. The van der Waals surface area contributed by atoms with Gasteiger partial charge in [0.25, 0.3) is 0 Å². The Labute approximate surface area is 198 Å². The Hall–Kier alpha value is -3.65. The number of amides is 2. The topological polar surface area (TPSA) is 88.5 Å². The predicted molar refractivity (Wildman–Crippen MR) is 129 cm³/mol. The first-order valence-corrected chi connectivity index (χ1v) is 11.2. The number of ether oxygens (including phenoxy) is 1. The molecular weight excluding hydrogens is 430 g/mol. The van der Waals surface area contributed by atoms with E-state index in [9.17, 15) is 9.59 Å². The molecule has 0 N–H and O–H groups in total. The molecule has 2 aliphatic rings. The quantitative estimate of drug-likeness (QED) is 0.588. The Balaban J connectivity index is 1.65. The molecule has 0 aliphatic carbocycles. The second-order valence-corrected chi connectivity index (χ2v) is 9.85. The van der Waals surface area contributed by atoms with E-state index in [0.29, 0.717) is 17.3 Å². The summed E-state index contributed by atoms with van der Waals surface area (Å²) in [4.78, 5) is 43.2. The molecule has 0 fully saturated rings. The number of aryl methyl sites for hydroxylation is 1. The summed E-state index contributed by atoms with van der Waals surface area (Å²) in [6, 6.07) is 7.77. The van der Waals surface area contributed by atoms with Gasteiger partial charge in [-0.2, -0.15) is 0 Å². The fourth-order valence-corrected chi connectivity index (χ4v) is 4.78. The van der Waals surface area contributed by atoms with Crippen molar-refractivity contribution in [2.45, 2.75) is 45.4 Å². The van der Waals surface area contributed by atoms with Gasteiger partial charge in [-0.25, -0.2) is 15.0 Å². The average Bonchev–Trinajstić information content (AvgIpc) is 3.12. The van der Waals surface area contributed by atoms with Crippen molar-refractivity contribution in [3.63, 3.8) is 0 Å². The fourth-order valence-electron chi connectivity index (χ4n) is 4.78. The molecule has 8 heteroatoms. The molecule has 1 aromatic carbocycles. The molecule has 0 bridgehead atoms. The Bertz CT molecular complexity index is 1330. The summed E-state index contributed by atoms with van der Waals surface area (Å²) < 4.78 is 5.29. The van der Waals surface area contributed by atoms with E-state index in [1.165, 1.54) is 0 Å². The van der Waals surface area contributed by atoms with E-state index in [4.69, 9.17) is 4.74 Å². The smallest absolute Gasteiger partial charge is 0.242 e. The minimum absolute atomic E-state index is 0.0570. The van der Waals surface area contributed by atoms with E-state index in [1.807, 2.05) is 58.9 Å². The van der Waals surface area contributed by atoms with Crippen molar-refractivity contribution in [1.82, 2.24) is 15.0 Å². The van der Waals surface area contributed by atoms with Crippen LogP contribution in [0.25, 0.3) is 11.1 Å². The first kappa shape index (κ1) is 22.2. The van der Waals surface area contributed by atoms with Crippen LogP contribution in [0.4, 0.5) is 17.2 Å². The number of hydrogen-bond acceptors (Lipinski definition) is 6. The van der Waals surface area contributed by atoms with Crippen molar-refractivity contribution >= 4 is 29.0 Å². The minimum atomic E-state index is -0.723. The zero-order chi connectivity index (χ0) is 24.4. The van der Waals surface area contributed by atoms with E-state index in [-0.39, 0.29) is 18.5 Å². The number of anilines is 3. The van der Waals surface area contributed by atoms with Crippen molar-refractivity contribution in [3.05, 3.63) is 59.8 Å². The minimum Gasteiger partial charge on any atom is -0.364 e. The lowest BCUT2D eigenvalue weighted by Gasteiger charge is -2.22. The summed E-state index contributed by atoms with van der Waals surface area (Å²) in [5.74, 6) is 1.04. The predicted octanol–water partition coefficient (Wildman–Crippen LogP) is 4.03. The maximum atomic E-state index is 13.6. The lowest BCUT2D eigenvalue weighted by atomic mass is 9.85. The average molecular weight is 458 g/mol. The van der Waals surface area contributed by atoms with Gasteiger partial charge in [0.1, 0.15) is 18.4 Å². The van der Waals surface area contributed by atoms with Gasteiger partial charge in [0, 0.05) is 42.9 Å². The molecule has 0 saturated carbocycles. The summed E-state index contributed by atoms with van der Waals surface area (Å²) >= 11 is 0. The van der Waals surface area contributed by atoms with Crippen LogP contribution in [0.5, 0.6) is 0 Å². The monoisotopic (exact) mass is 457 g/mol. The van der Waals surface area contributed by atoms with Crippen LogP contribution < -0.4 is 9.80 Å². The Morgan fingerprint density at radius 1 is 0.824 bits per heavy atom. The van der Waals surface area contributed by atoms with Crippen LogP contribution >= 0.6 is 0 Å². The normalized spacial score (nSPS) is 17.8. The molecule has 174 valence electrons. The number of methoxy groups -OCH3 is 1. The Morgan fingerprint density at radius 3 is 2.18 bits per heavy atom. The van der Waals surface area contributed by atoms with Crippen LogP contribution in [0.1, 0.15) is 44.6 Å². The molecule has 0 atom stereocenters. The number of carbonyl (C=O) groups excluding carboxylic acids is 2. The zero-order valence-electron chi connectivity index (χ0n) is 20.2. The van der Waals surface area contributed by atoms with Crippen LogP contribution in [0.3, 0.4) is 0 Å². The third-order valence-electron chi connectivity index (χ3n) is 6.86. The van der Waals surface area contributed by atoms with Crippen LogP contribution in [-0.4, -0.2) is 40.6 Å². The molecule has 0 saturated heterocycles. The van der Waals surface area contributed by atoms with Crippen LogP contribution in [0.2, 0.25) is 0 Å². The highest BCUT2D eigenvalue weighted by Crippen LogP contribution is 2.48. The van der Waals surface area contributed by atoms with Crippen molar-refractivity contribution in [3.8, 4) is 11.1 Å². The van der Waals surface area contributed by atoms with Crippen molar-refractivity contribution in [2.24, 2.45) is 0 Å². The molecule has 0 unspecified atom stereocenters. The van der Waals surface area contributed by atoms with Crippen LogP contribution in [0.15, 0.2) is 42.9 Å². The van der Waals surface area contributed by atoms with E-state index >= 15 is 0 Å². The summed E-state index contributed by atoms with van der Waals surface area (Å²) in [7, 11) is 1.56. The molecule has 2 aromatic heterocycles. The lowest BCUT2D eigenvalue weighted by molar-refractivity contribution is -0.123. The van der Waals surface area contributed by atoms with Gasteiger partial charge in [0.15, 0.2) is 0 Å². The molecular formula is C26H27N5O3. The molecule has 2 aliphatic heterocycles. The summed E-state index contributed by atoms with van der Waals surface area (Å²) in [6.45, 7) is 9.56. The van der Waals surface area contributed by atoms with E-state index in [1.54, 1.807) is 35.5 Å². The van der Waals surface area contributed by atoms with Crippen LogP contribution in [-0.2, 0) is 25.2 Å². The fraction of sp³-hybridized carbons (Fsp3) is 0.346. The molecule has 4 heterocycles. The van der Waals surface area contributed by atoms with Crippen molar-refractivity contribution in [2.75, 3.05) is 23.6 Å². The standard InChI is InChI=1S/C26H27N5O3/c1-15-27-11-17(12-28-15)16-7-8-18-21(9-16)31(24(33)25(18,2)3)22-10-20-19(13-29-22)26(4,5)23(32)30(20)14-34-6/h7-13H,14H2,1-6H3. The number of carbonyl (C=O) groups is 2. The molecule has 2 amide bonds. The number of nitrogens with zero attached hydrogens (tertiary/aromatic N) is 5. The van der Waals surface area contributed by atoms with Gasteiger partial charge in [-0.15, -0.1) is 0 Å². The third-order valence-corrected chi connectivity index (χ3v) is 6.86. The SMILES string of the molecule is COCN1C(=O)C(C)(C)c2cnc(N3C(=O)C(C)(C)c4ccc(-c5cnc(C)nc5)cc43)cc21. The van der Waals surface area contributed by atoms with E-state index in [2.05, 4.69) is 15.0 Å². The van der Waals surface area contributed by atoms with Gasteiger partial charge >= 0.3 is 0 Å². The molecule has 34 heavy (non-hydrogen) atoms. The molecule has 5 rings (SSSR count). The van der Waals surface area contributed by atoms with E-state index < -0.39 is 10.8 Å². The van der Waals surface area contributed by atoms with Gasteiger partial charge in [-0.1, -0.05) is 12.1 Å². The Morgan fingerprint density at radius 2 is 1.50 bits per heavy atom. The van der Waals surface area contributed by atoms with Gasteiger partial charge in [0.2, 0.25) is 11.8 Å². The maximum Gasteiger partial charge on any atom is 0.242 e. The molecule has 0 spiro atoms. The summed E-state index contributed by atoms with van der Waals surface area (Å²) in [6.07, 6.45) is 5.26. The van der Waals surface area contributed by atoms with Gasteiger partial charge < -0.3 is 4.74 Å². The molecule has 8 nitrogen and oxygen atoms in total. The van der Waals surface area contributed by atoms with Gasteiger partial charge in [-0.3, -0.25) is 19.4 Å². The summed E-state index contributed by atoms with van der Waals surface area (Å²) in [5, 5.41) is 0. The second kappa shape index (κ2) is 7.43. The number of aromatic nitrogens is 3. The largest absolute Gasteiger partial charge is 0.364 e. The number of fused-ring (bicyclic) bond motifs is 2. The lowest BCUT2D eigenvalue weighted by Crippen LogP contribution is -2.37. The number of benzene rings is 1. The van der Waals surface area contributed by atoms with Gasteiger partial charge in [-0.05, 0) is 51.8 Å². The highest BCUT2D eigenvalue weighted by Gasteiger charge is 2.48. The van der Waals surface area contributed by atoms with Crippen molar-refractivity contribution < 1.29 is 14.3 Å². The van der Waals surface area contributed by atoms with Crippen molar-refractivity contribution in [1.29, 1.82) is 0 Å². The number of pyridine rings is 1. The third kappa shape index (κ3) is 3.05. The number of rotatable bonds is 4. The molecule has 0 radical (unpaired) electrons. The first-order chi connectivity index (χ1) is 16.1. The van der Waals surface area contributed by atoms with Crippen LogP contribution in [0, 0.1) is 6.92 Å². The molecule has 3 aromatic rings. The highest BCUT2D eigenvalue weighted by atomic mass is 16.5.